The minimum Gasteiger partial charge on any atom is -0.497 e. The number of benzene rings is 2. The summed E-state index contributed by atoms with van der Waals surface area (Å²) in [5.41, 5.74) is 2.11. The van der Waals surface area contributed by atoms with Crippen LogP contribution in [0.1, 0.15) is 18.1 Å². The van der Waals surface area contributed by atoms with Crippen molar-refractivity contribution in [2.24, 2.45) is 4.99 Å². The zero-order valence-electron chi connectivity index (χ0n) is 17.7. The van der Waals surface area contributed by atoms with Gasteiger partial charge in [-0.05, 0) is 41.5 Å². The maximum absolute atomic E-state index is 6.20. The molecule has 2 aromatic rings. The molecule has 30 heavy (non-hydrogen) atoms. The third kappa shape index (κ3) is 5.84. The molecule has 0 aliphatic carbocycles. The lowest BCUT2D eigenvalue weighted by molar-refractivity contribution is -0.0628. The lowest BCUT2D eigenvalue weighted by Crippen LogP contribution is -2.46. The first-order chi connectivity index (χ1) is 14.6. The molecule has 0 aromatic heterocycles. The number of methoxy groups -OCH3 is 2. The molecule has 2 aromatic carbocycles. The molecule has 0 bridgehead atoms. The summed E-state index contributed by atoms with van der Waals surface area (Å²) in [6, 6.07) is 15.4. The van der Waals surface area contributed by atoms with Crippen molar-refractivity contribution in [3.8, 4) is 11.5 Å². The van der Waals surface area contributed by atoms with Crippen molar-refractivity contribution in [3.05, 3.63) is 72.3 Å². The van der Waals surface area contributed by atoms with Gasteiger partial charge in [0.05, 0.1) is 34.0 Å². The Morgan fingerprint density at radius 2 is 1.50 bits per heavy atom. The maximum Gasteiger partial charge on any atom is 0.181 e. The molecule has 0 fully saturated rings. The largest absolute Gasteiger partial charge is 0.497 e. The molecule has 3 atom stereocenters. The van der Waals surface area contributed by atoms with Crippen molar-refractivity contribution in [2.75, 3.05) is 20.8 Å². The number of aliphatic imine (C=N–C) groups is 1. The summed E-state index contributed by atoms with van der Waals surface area (Å²) < 4.78 is 28.4. The van der Waals surface area contributed by atoms with Crippen LogP contribution >= 0.6 is 0 Å². The van der Waals surface area contributed by atoms with E-state index in [-0.39, 0.29) is 18.2 Å². The smallest absolute Gasteiger partial charge is 0.181 e. The van der Waals surface area contributed by atoms with Crippen molar-refractivity contribution in [2.45, 2.75) is 38.4 Å². The zero-order valence-corrected chi connectivity index (χ0v) is 17.7. The van der Waals surface area contributed by atoms with E-state index in [1.54, 1.807) is 20.3 Å². The van der Waals surface area contributed by atoms with E-state index in [1.165, 1.54) is 0 Å². The molecule has 1 aliphatic heterocycles. The highest BCUT2D eigenvalue weighted by Crippen LogP contribution is 2.22. The molecule has 0 amide bonds. The highest BCUT2D eigenvalue weighted by molar-refractivity contribution is 5.74. The van der Waals surface area contributed by atoms with Gasteiger partial charge in [0.25, 0.3) is 0 Å². The molecule has 6 heteroatoms. The molecule has 1 heterocycles. The van der Waals surface area contributed by atoms with Gasteiger partial charge in [-0.3, -0.25) is 0 Å². The monoisotopic (exact) mass is 411 g/mol. The van der Waals surface area contributed by atoms with E-state index >= 15 is 0 Å². The normalized spacial score (nSPS) is 20.8. The number of rotatable bonds is 10. The molecule has 6 nitrogen and oxygen atoms in total. The SMILES string of the molecule is C=C[C@@H]1OC(C)=N[C@H](COCc2ccc(OC)cc2)[C@@H]1OCc1ccc(OC)cc1. The van der Waals surface area contributed by atoms with Crippen LogP contribution in [0.5, 0.6) is 11.5 Å². The molecule has 160 valence electrons. The summed E-state index contributed by atoms with van der Waals surface area (Å²) in [6.07, 6.45) is 1.19. The Morgan fingerprint density at radius 3 is 2.03 bits per heavy atom. The molecule has 0 spiro atoms. The summed E-state index contributed by atoms with van der Waals surface area (Å²) >= 11 is 0. The van der Waals surface area contributed by atoms with Gasteiger partial charge in [-0.1, -0.05) is 30.8 Å². The van der Waals surface area contributed by atoms with Gasteiger partial charge in [0.1, 0.15) is 29.7 Å². The van der Waals surface area contributed by atoms with Crippen LogP contribution in [0.25, 0.3) is 0 Å². The fraction of sp³-hybridized carbons (Fsp3) is 0.375. The maximum atomic E-state index is 6.20. The Balaban J connectivity index is 1.61. The third-order valence-electron chi connectivity index (χ3n) is 4.91. The third-order valence-corrected chi connectivity index (χ3v) is 4.91. The van der Waals surface area contributed by atoms with Crippen molar-refractivity contribution in [1.29, 1.82) is 0 Å². The fourth-order valence-corrected chi connectivity index (χ4v) is 3.27. The molecule has 0 saturated carbocycles. The van der Waals surface area contributed by atoms with Crippen LogP contribution in [-0.2, 0) is 27.4 Å². The number of hydrogen-bond donors (Lipinski definition) is 0. The van der Waals surface area contributed by atoms with Crippen LogP contribution in [0.4, 0.5) is 0 Å². The molecule has 0 radical (unpaired) electrons. The first-order valence-electron chi connectivity index (χ1n) is 9.91. The van der Waals surface area contributed by atoms with Crippen LogP contribution in [0.15, 0.2) is 66.2 Å². The second kappa shape index (κ2) is 10.8. The van der Waals surface area contributed by atoms with E-state index in [2.05, 4.69) is 11.6 Å². The standard InChI is InChI=1S/C24H29NO5/c1-5-23-24(29-15-19-8-12-21(27-4)13-9-19)22(25-17(2)30-23)16-28-14-18-6-10-20(26-3)11-7-18/h5-13,22-24H,1,14-16H2,2-4H3/t22-,23+,24+/m1/s1. The van der Waals surface area contributed by atoms with Crippen LogP contribution in [0, 0.1) is 0 Å². The summed E-state index contributed by atoms with van der Waals surface area (Å²) in [5.74, 6) is 2.25. The van der Waals surface area contributed by atoms with Crippen LogP contribution in [-0.4, -0.2) is 45.0 Å². The van der Waals surface area contributed by atoms with Crippen molar-refractivity contribution >= 4 is 5.90 Å². The van der Waals surface area contributed by atoms with E-state index in [9.17, 15) is 0 Å². The number of nitrogens with zero attached hydrogens (tertiary/aromatic N) is 1. The average molecular weight is 411 g/mol. The van der Waals surface area contributed by atoms with Gasteiger partial charge in [0.15, 0.2) is 5.90 Å². The highest BCUT2D eigenvalue weighted by atomic mass is 16.6. The van der Waals surface area contributed by atoms with Gasteiger partial charge in [0, 0.05) is 6.92 Å². The minimum atomic E-state index is -0.288. The van der Waals surface area contributed by atoms with Gasteiger partial charge in [-0.2, -0.15) is 0 Å². The molecule has 3 rings (SSSR count). The van der Waals surface area contributed by atoms with Crippen LogP contribution in [0.2, 0.25) is 0 Å². The summed E-state index contributed by atoms with van der Waals surface area (Å²) in [6.45, 7) is 7.08. The molecular formula is C24H29NO5. The van der Waals surface area contributed by atoms with Crippen LogP contribution < -0.4 is 9.47 Å². The Morgan fingerprint density at radius 1 is 0.933 bits per heavy atom. The fourth-order valence-electron chi connectivity index (χ4n) is 3.27. The molecule has 0 N–H and O–H groups in total. The zero-order chi connectivity index (χ0) is 21.3. The van der Waals surface area contributed by atoms with E-state index in [0.717, 1.165) is 22.6 Å². The number of ether oxygens (including phenoxy) is 5. The van der Waals surface area contributed by atoms with Gasteiger partial charge < -0.3 is 23.7 Å². The van der Waals surface area contributed by atoms with E-state index in [0.29, 0.717) is 25.7 Å². The lowest BCUT2D eigenvalue weighted by Gasteiger charge is -2.34. The van der Waals surface area contributed by atoms with Crippen molar-refractivity contribution in [3.63, 3.8) is 0 Å². The van der Waals surface area contributed by atoms with Crippen molar-refractivity contribution in [1.82, 2.24) is 0 Å². The van der Waals surface area contributed by atoms with Gasteiger partial charge >= 0.3 is 0 Å². The first-order valence-corrected chi connectivity index (χ1v) is 9.91. The summed E-state index contributed by atoms with van der Waals surface area (Å²) in [5, 5.41) is 0. The molecular weight excluding hydrogens is 382 g/mol. The minimum absolute atomic E-state index is 0.182. The quantitative estimate of drug-likeness (QED) is 0.549. The lowest BCUT2D eigenvalue weighted by atomic mass is 10.0. The second-order valence-electron chi connectivity index (χ2n) is 7.02. The topological polar surface area (TPSA) is 58.5 Å². The van der Waals surface area contributed by atoms with Crippen molar-refractivity contribution < 1.29 is 23.7 Å². The van der Waals surface area contributed by atoms with E-state index in [1.807, 2.05) is 55.5 Å². The highest BCUT2D eigenvalue weighted by Gasteiger charge is 2.34. The summed E-state index contributed by atoms with van der Waals surface area (Å²) in [7, 11) is 3.30. The second-order valence-corrected chi connectivity index (χ2v) is 7.02. The Bertz CT molecular complexity index is 832. The van der Waals surface area contributed by atoms with Gasteiger partial charge in [-0.15, -0.1) is 0 Å². The molecule has 0 saturated heterocycles. The first kappa shape index (κ1) is 21.9. The van der Waals surface area contributed by atoms with Gasteiger partial charge in [0.2, 0.25) is 0 Å². The van der Waals surface area contributed by atoms with Gasteiger partial charge in [-0.25, -0.2) is 4.99 Å². The summed E-state index contributed by atoms with van der Waals surface area (Å²) in [4.78, 5) is 4.62. The Hall–Kier alpha value is -2.83. The van der Waals surface area contributed by atoms with Crippen LogP contribution in [0.3, 0.4) is 0 Å². The van der Waals surface area contributed by atoms with E-state index < -0.39 is 0 Å². The molecule has 1 aliphatic rings. The van der Waals surface area contributed by atoms with E-state index in [4.69, 9.17) is 23.7 Å². The Labute approximate surface area is 178 Å². The predicted octanol–water partition coefficient (Wildman–Crippen LogP) is 4.18. The number of hydrogen-bond acceptors (Lipinski definition) is 6. The molecule has 0 unspecified atom stereocenters. The Kier molecular flexibility index (Phi) is 7.88. The predicted molar refractivity (Wildman–Crippen MR) is 116 cm³/mol. The average Bonchev–Trinajstić information content (AvgIpc) is 2.78.